The lowest BCUT2D eigenvalue weighted by Crippen LogP contribution is -2.21. The maximum Gasteiger partial charge on any atom is 0.345 e. The Kier molecular flexibility index (Phi) is 6.56. The molecule has 2 aromatic carbocycles. The van der Waals surface area contributed by atoms with Crippen LogP contribution >= 0.6 is 11.6 Å². The van der Waals surface area contributed by atoms with Crippen LogP contribution in [0.1, 0.15) is 10.4 Å². The molecule has 0 heterocycles. The number of carbonyl (C=O) groups excluding carboxylic acids is 2. The summed E-state index contributed by atoms with van der Waals surface area (Å²) in [7, 11) is 2.89. The Hall–Kier alpha value is -3.33. The minimum absolute atomic E-state index is 0.123. The SMILES string of the molecule is COc1ccc(OC)c(NC(=O)COC(=O)c2cc(Cl)ccc2[N+](=O)[O-])c1. The molecule has 1 amide bonds. The number of nitrogens with zero attached hydrogens (tertiary/aromatic N) is 1. The Morgan fingerprint density at radius 1 is 1.15 bits per heavy atom. The van der Waals surface area contributed by atoms with Crippen molar-refractivity contribution in [3.8, 4) is 11.5 Å². The fraction of sp³-hybridized carbons (Fsp3) is 0.176. The van der Waals surface area contributed by atoms with Crippen LogP contribution in [0.2, 0.25) is 5.02 Å². The van der Waals surface area contributed by atoms with Gasteiger partial charge >= 0.3 is 5.97 Å². The van der Waals surface area contributed by atoms with Crippen molar-refractivity contribution in [2.45, 2.75) is 0 Å². The summed E-state index contributed by atoms with van der Waals surface area (Å²) in [6, 6.07) is 8.23. The van der Waals surface area contributed by atoms with E-state index in [9.17, 15) is 19.7 Å². The van der Waals surface area contributed by atoms with Gasteiger partial charge in [0.05, 0.1) is 24.8 Å². The zero-order chi connectivity index (χ0) is 20.0. The van der Waals surface area contributed by atoms with Crippen LogP contribution in [0.4, 0.5) is 11.4 Å². The molecule has 0 aliphatic heterocycles. The fourth-order valence-corrected chi connectivity index (χ4v) is 2.31. The number of rotatable bonds is 7. The van der Waals surface area contributed by atoms with Crippen LogP contribution in [0, 0.1) is 10.1 Å². The van der Waals surface area contributed by atoms with Crippen molar-refractivity contribution in [2.24, 2.45) is 0 Å². The Balaban J connectivity index is 2.07. The second-order valence-corrected chi connectivity index (χ2v) is 5.55. The third kappa shape index (κ3) is 5.08. The molecule has 1 N–H and O–H groups in total. The zero-order valence-electron chi connectivity index (χ0n) is 14.4. The molecule has 2 aromatic rings. The van der Waals surface area contributed by atoms with E-state index < -0.39 is 29.1 Å². The van der Waals surface area contributed by atoms with Crippen LogP contribution in [0.15, 0.2) is 36.4 Å². The molecule has 0 radical (unpaired) electrons. The summed E-state index contributed by atoms with van der Waals surface area (Å²) in [5.41, 5.74) is -0.509. The fourth-order valence-electron chi connectivity index (χ4n) is 2.14. The summed E-state index contributed by atoms with van der Waals surface area (Å²) in [5, 5.41) is 13.6. The Bertz CT molecular complexity index is 886. The van der Waals surface area contributed by atoms with Crippen LogP contribution in [0.3, 0.4) is 0 Å². The number of anilines is 1. The average molecular weight is 395 g/mol. The van der Waals surface area contributed by atoms with E-state index in [1.807, 2.05) is 0 Å². The number of ether oxygens (including phenoxy) is 3. The number of nitrogens with one attached hydrogen (secondary N) is 1. The zero-order valence-corrected chi connectivity index (χ0v) is 15.1. The summed E-state index contributed by atoms with van der Waals surface area (Å²) >= 11 is 5.76. The summed E-state index contributed by atoms with van der Waals surface area (Å²) in [6.07, 6.45) is 0. The van der Waals surface area contributed by atoms with E-state index in [1.165, 1.54) is 26.4 Å². The lowest BCUT2D eigenvalue weighted by atomic mass is 10.2. The minimum Gasteiger partial charge on any atom is -0.497 e. The quantitative estimate of drug-likeness (QED) is 0.435. The van der Waals surface area contributed by atoms with Crippen molar-refractivity contribution in [2.75, 3.05) is 26.1 Å². The van der Waals surface area contributed by atoms with E-state index in [0.717, 1.165) is 12.1 Å². The molecule has 27 heavy (non-hydrogen) atoms. The van der Waals surface area contributed by atoms with Gasteiger partial charge in [0.15, 0.2) is 6.61 Å². The summed E-state index contributed by atoms with van der Waals surface area (Å²) in [5.74, 6) is -0.852. The predicted octanol–water partition coefficient (Wildman–Crippen LogP) is 3.06. The maximum absolute atomic E-state index is 12.1. The topological polar surface area (TPSA) is 117 Å². The van der Waals surface area contributed by atoms with Crippen LogP contribution < -0.4 is 14.8 Å². The van der Waals surface area contributed by atoms with Gasteiger partial charge in [0.25, 0.3) is 11.6 Å². The summed E-state index contributed by atoms with van der Waals surface area (Å²) < 4.78 is 15.1. The molecule has 9 nitrogen and oxygen atoms in total. The van der Waals surface area contributed by atoms with E-state index in [0.29, 0.717) is 17.2 Å². The van der Waals surface area contributed by atoms with Gasteiger partial charge in [-0.3, -0.25) is 14.9 Å². The van der Waals surface area contributed by atoms with Gasteiger partial charge in [-0.2, -0.15) is 0 Å². The first-order valence-electron chi connectivity index (χ1n) is 7.48. The van der Waals surface area contributed by atoms with Crippen molar-refractivity contribution >= 4 is 34.9 Å². The van der Waals surface area contributed by atoms with E-state index in [-0.39, 0.29) is 10.6 Å². The number of hydrogen-bond acceptors (Lipinski definition) is 7. The molecule has 0 aliphatic carbocycles. The number of amides is 1. The molecule has 0 aromatic heterocycles. The van der Waals surface area contributed by atoms with Crippen molar-refractivity contribution in [3.63, 3.8) is 0 Å². The van der Waals surface area contributed by atoms with Crippen molar-refractivity contribution < 1.29 is 28.7 Å². The highest BCUT2D eigenvalue weighted by molar-refractivity contribution is 6.31. The van der Waals surface area contributed by atoms with Gasteiger partial charge in [0.2, 0.25) is 0 Å². The monoisotopic (exact) mass is 394 g/mol. The molecule has 0 fully saturated rings. The molecular formula is C17H15ClN2O7. The average Bonchev–Trinajstić information content (AvgIpc) is 2.65. The summed E-state index contributed by atoms with van der Waals surface area (Å²) in [6.45, 7) is -0.664. The lowest BCUT2D eigenvalue weighted by molar-refractivity contribution is -0.385. The van der Waals surface area contributed by atoms with Crippen LogP contribution in [0.25, 0.3) is 0 Å². The second-order valence-electron chi connectivity index (χ2n) is 5.11. The van der Waals surface area contributed by atoms with E-state index >= 15 is 0 Å². The van der Waals surface area contributed by atoms with Crippen molar-refractivity contribution in [1.29, 1.82) is 0 Å². The van der Waals surface area contributed by atoms with Crippen LogP contribution in [0.5, 0.6) is 11.5 Å². The van der Waals surface area contributed by atoms with Gasteiger partial charge in [-0.15, -0.1) is 0 Å². The first-order valence-corrected chi connectivity index (χ1v) is 7.86. The number of nitro benzene ring substituents is 1. The molecule has 10 heteroatoms. The number of carbonyl (C=O) groups is 2. The normalized spacial score (nSPS) is 10.0. The number of halogens is 1. The molecule has 0 saturated carbocycles. The molecule has 0 bridgehead atoms. The highest BCUT2D eigenvalue weighted by Crippen LogP contribution is 2.29. The maximum atomic E-state index is 12.1. The number of methoxy groups -OCH3 is 2. The molecular weight excluding hydrogens is 380 g/mol. The molecule has 2 rings (SSSR count). The molecule has 0 atom stereocenters. The Morgan fingerprint density at radius 3 is 2.52 bits per heavy atom. The predicted molar refractivity (Wildman–Crippen MR) is 96.6 cm³/mol. The first kappa shape index (κ1) is 20.0. The van der Waals surface area contributed by atoms with Crippen LogP contribution in [-0.2, 0) is 9.53 Å². The van der Waals surface area contributed by atoms with E-state index in [4.69, 9.17) is 25.8 Å². The van der Waals surface area contributed by atoms with Crippen molar-refractivity contribution in [3.05, 3.63) is 57.1 Å². The van der Waals surface area contributed by atoms with E-state index in [2.05, 4.69) is 5.32 Å². The number of esters is 1. The highest BCUT2D eigenvalue weighted by Gasteiger charge is 2.22. The van der Waals surface area contributed by atoms with Gasteiger partial charge in [0, 0.05) is 17.2 Å². The third-order valence-electron chi connectivity index (χ3n) is 3.39. The number of hydrogen-bond donors (Lipinski definition) is 1. The van der Waals surface area contributed by atoms with Crippen LogP contribution in [-0.4, -0.2) is 37.6 Å². The second kappa shape index (κ2) is 8.86. The molecule has 0 saturated heterocycles. The van der Waals surface area contributed by atoms with Gasteiger partial charge in [-0.1, -0.05) is 11.6 Å². The van der Waals surface area contributed by atoms with Gasteiger partial charge < -0.3 is 19.5 Å². The molecule has 0 spiro atoms. The molecule has 0 aliphatic rings. The largest absolute Gasteiger partial charge is 0.497 e. The van der Waals surface area contributed by atoms with Gasteiger partial charge in [0.1, 0.15) is 17.1 Å². The van der Waals surface area contributed by atoms with Gasteiger partial charge in [-0.25, -0.2) is 4.79 Å². The first-order chi connectivity index (χ1) is 12.8. The van der Waals surface area contributed by atoms with Crippen molar-refractivity contribution in [1.82, 2.24) is 0 Å². The minimum atomic E-state index is -1.04. The molecule has 142 valence electrons. The van der Waals surface area contributed by atoms with Gasteiger partial charge in [-0.05, 0) is 24.3 Å². The highest BCUT2D eigenvalue weighted by atomic mass is 35.5. The Morgan fingerprint density at radius 2 is 1.89 bits per heavy atom. The summed E-state index contributed by atoms with van der Waals surface area (Å²) in [4.78, 5) is 34.4. The standard InChI is InChI=1S/C17H15ClN2O7/c1-25-11-4-6-15(26-2)13(8-11)19-16(21)9-27-17(22)12-7-10(18)3-5-14(12)20(23)24/h3-8H,9H2,1-2H3,(H,19,21). The number of benzene rings is 2. The smallest absolute Gasteiger partial charge is 0.345 e. The lowest BCUT2D eigenvalue weighted by Gasteiger charge is -2.12. The van der Waals surface area contributed by atoms with E-state index in [1.54, 1.807) is 12.1 Å². The number of nitro groups is 1. The Labute approximate surface area is 158 Å². The molecule has 0 unspecified atom stereocenters. The third-order valence-corrected chi connectivity index (χ3v) is 3.63.